The summed E-state index contributed by atoms with van der Waals surface area (Å²) in [5, 5.41) is 2.37. The highest BCUT2D eigenvalue weighted by Crippen LogP contribution is 2.37. The molecule has 0 aliphatic carbocycles. The Balaban J connectivity index is 2.14. The highest BCUT2D eigenvalue weighted by atomic mass is 35.5. The van der Waals surface area contributed by atoms with E-state index in [2.05, 4.69) is 5.32 Å². The molecule has 3 aromatic carbocycles. The van der Waals surface area contributed by atoms with Crippen LogP contribution in [0.1, 0.15) is 31.4 Å². The average molecular weight is 626 g/mol. The third-order valence-corrected chi connectivity index (χ3v) is 8.49. The van der Waals surface area contributed by atoms with Crippen molar-refractivity contribution in [2.24, 2.45) is 0 Å². The fourth-order valence-electron chi connectivity index (χ4n) is 4.25. The molecule has 1 N–H and O–H groups in total. The van der Waals surface area contributed by atoms with Crippen molar-refractivity contribution in [3.63, 3.8) is 0 Å². The van der Waals surface area contributed by atoms with Crippen LogP contribution in [0.3, 0.4) is 0 Å². The van der Waals surface area contributed by atoms with E-state index in [1.54, 1.807) is 44.2 Å². The Morgan fingerprint density at radius 2 is 1.64 bits per heavy atom. The van der Waals surface area contributed by atoms with Gasteiger partial charge in [0.05, 0.1) is 28.3 Å². The summed E-state index contributed by atoms with van der Waals surface area (Å²) in [6.45, 7) is 2.67. The minimum Gasteiger partial charge on any atom is -0.497 e. The van der Waals surface area contributed by atoms with E-state index in [1.165, 1.54) is 36.3 Å². The number of rotatable bonds is 12. The quantitative estimate of drug-likeness (QED) is 0.287. The van der Waals surface area contributed by atoms with Crippen LogP contribution in [0.5, 0.6) is 5.75 Å². The number of sulfonamides is 1. The van der Waals surface area contributed by atoms with E-state index in [9.17, 15) is 31.2 Å². The number of halogens is 4. The molecule has 226 valence electrons. The molecule has 8 nitrogen and oxygen atoms in total. The zero-order valence-corrected chi connectivity index (χ0v) is 24.8. The van der Waals surface area contributed by atoms with Crippen LogP contribution < -0.4 is 14.4 Å². The second kappa shape index (κ2) is 13.9. The molecule has 0 aliphatic heterocycles. The Hall–Kier alpha value is -3.77. The maximum absolute atomic E-state index is 14.0. The van der Waals surface area contributed by atoms with E-state index < -0.39 is 51.9 Å². The van der Waals surface area contributed by atoms with Crippen LogP contribution in [-0.4, -0.2) is 51.4 Å². The molecule has 1 atom stereocenters. The minimum atomic E-state index is -4.81. The number of nitrogens with zero attached hydrogens (tertiary/aromatic N) is 2. The van der Waals surface area contributed by atoms with Crippen molar-refractivity contribution in [1.82, 2.24) is 10.2 Å². The van der Waals surface area contributed by atoms with Crippen LogP contribution >= 0.6 is 11.6 Å². The van der Waals surface area contributed by atoms with Gasteiger partial charge in [0.15, 0.2) is 0 Å². The number of carbonyl (C=O) groups excluding carboxylic acids is 2. The van der Waals surface area contributed by atoms with Gasteiger partial charge in [-0.1, -0.05) is 48.9 Å². The van der Waals surface area contributed by atoms with Gasteiger partial charge < -0.3 is 15.0 Å². The summed E-state index contributed by atoms with van der Waals surface area (Å²) in [6.07, 6.45) is -4.62. The maximum Gasteiger partial charge on any atom is 0.416 e. The fourth-order valence-corrected chi connectivity index (χ4v) is 5.97. The predicted molar refractivity (Wildman–Crippen MR) is 154 cm³/mol. The van der Waals surface area contributed by atoms with Crippen LogP contribution in [0.15, 0.2) is 77.7 Å². The van der Waals surface area contributed by atoms with Gasteiger partial charge in [-0.2, -0.15) is 13.2 Å². The van der Waals surface area contributed by atoms with Gasteiger partial charge in [0.1, 0.15) is 18.3 Å². The van der Waals surface area contributed by atoms with E-state index in [1.807, 2.05) is 0 Å². The van der Waals surface area contributed by atoms with E-state index in [0.29, 0.717) is 21.7 Å². The Morgan fingerprint density at radius 1 is 1.00 bits per heavy atom. The molecular formula is C29H31ClF3N3O5S. The smallest absolute Gasteiger partial charge is 0.416 e. The zero-order chi connectivity index (χ0) is 31.1. The molecule has 0 bridgehead atoms. The first kappa shape index (κ1) is 32.7. The van der Waals surface area contributed by atoms with Gasteiger partial charge in [-0.3, -0.25) is 13.9 Å². The molecule has 0 aliphatic rings. The number of alkyl halides is 3. The molecule has 0 fully saturated rings. The number of likely N-dealkylation sites (N-methyl/N-ethyl adjacent to an activating group) is 1. The maximum atomic E-state index is 14.0. The van der Waals surface area contributed by atoms with Crippen molar-refractivity contribution < 1.29 is 35.9 Å². The number of nitrogens with one attached hydrogen (secondary N) is 1. The monoisotopic (exact) mass is 625 g/mol. The molecule has 0 saturated heterocycles. The number of benzene rings is 3. The zero-order valence-electron chi connectivity index (χ0n) is 23.2. The SMILES string of the molecule is CCNC(=O)C(CC)N(Cc1ccc(OC)cc1)C(=O)CN(c1cc(C(F)(F)F)ccc1Cl)S(=O)(=O)c1ccccc1. The van der Waals surface area contributed by atoms with Gasteiger partial charge in [0.25, 0.3) is 10.0 Å². The molecule has 0 spiro atoms. The summed E-state index contributed by atoms with van der Waals surface area (Å²) in [6, 6.07) is 14.9. The molecule has 42 heavy (non-hydrogen) atoms. The number of hydrogen-bond donors (Lipinski definition) is 1. The van der Waals surface area contributed by atoms with E-state index in [4.69, 9.17) is 16.3 Å². The largest absolute Gasteiger partial charge is 0.497 e. The number of anilines is 1. The van der Waals surface area contributed by atoms with Gasteiger partial charge >= 0.3 is 6.18 Å². The van der Waals surface area contributed by atoms with Crippen molar-refractivity contribution in [1.29, 1.82) is 0 Å². The molecule has 0 aromatic heterocycles. The lowest BCUT2D eigenvalue weighted by atomic mass is 10.1. The predicted octanol–water partition coefficient (Wildman–Crippen LogP) is 5.51. The van der Waals surface area contributed by atoms with Crippen LogP contribution in [0.25, 0.3) is 0 Å². The molecule has 3 aromatic rings. The summed E-state index contributed by atoms with van der Waals surface area (Å²) in [7, 11) is -3.10. The van der Waals surface area contributed by atoms with Crippen LogP contribution in [0.4, 0.5) is 18.9 Å². The minimum absolute atomic E-state index is 0.0893. The third kappa shape index (κ3) is 7.74. The molecule has 13 heteroatoms. The molecule has 2 amide bonds. The van der Waals surface area contributed by atoms with Crippen molar-refractivity contribution >= 4 is 39.1 Å². The topological polar surface area (TPSA) is 96.0 Å². The number of hydrogen-bond acceptors (Lipinski definition) is 5. The highest BCUT2D eigenvalue weighted by molar-refractivity contribution is 7.92. The lowest BCUT2D eigenvalue weighted by Gasteiger charge is -2.33. The summed E-state index contributed by atoms with van der Waals surface area (Å²) < 4.78 is 74.3. The van der Waals surface area contributed by atoms with Gasteiger partial charge in [-0.15, -0.1) is 0 Å². The summed E-state index contributed by atoms with van der Waals surface area (Å²) >= 11 is 6.26. The lowest BCUT2D eigenvalue weighted by Crippen LogP contribution is -2.52. The van der Waals surface area contributed by atoms with Gasteiger partial charge in [0, 0.05) is 13.1 Å². The van der Waals surface area contributed by atoms with E-state index in [-0.39, 0.29) is 29.4 Å². The van der Waals surface area contributed by atoms with Crippen molar-refractivity contribution in [2.75, 3.05) is 24.5 Å². The second-order valence-electron chi connectivity index (χ2n) is 9.18. The van der Waals surface area contributed by atoms with E-state index in [0.717, 1.165) is 12.1 Å². The Kier molecular flexibility index (Phi) is 10.9. The van der Waals surface area contributed by atoms with E-state index >= 15 is 0 Å². The normalized spacial score (nSPS) is 12.4. The van der Waals surface area contributed by atoms with Crippen LogP contribution in [0.2, 0.25) is 5.02 Å². The molecule has 0 radical (unpaired) electrons. The fraction of sp³-hybridized carbons (Fsp3) is 0.310. The third-order valence-electron chi connectivity index (χ3n) is 6.40. The highest BCUT2D eigenvalue weighted by Gasteiger charge is 2.36. The van der Waals surface area contributed by atoms with Crippen molar-refractivity contribution in [2.45, 2.75) is 43.9 Å². The summed E-state index contributed by atoms with van der Waals surface area (Å²) in [5.41, 5.74) is -1.06. The summed E-state index contributed by atoms with van der Waals surface area (Å²) in [4.78, 5) is 27.9. The first-order valence-corrected chi connectivity index (χ1v) is 14.8. The first-order chi connectivity index (χ1) is 19.8. The Labute approximate surface area is 248 Å². The molecule has 3 rings (SSSR count). The van der Waals surface area contributed by atoms with Gasteiger partial charge in [-0.05, 0) is 61.4 Å². The van der Waals surface area contributed by atoms with Crippen LogP contribution in [0, 0.1) is 0 Å². The summed E-state index contributed by atoms with van der Waals surface area (Å²) in [5.74, 6) is -0.722. The van der Waals surface area contributed by atoms with Gasteiger partial charge in [0.2, 0.25) is 11.8 Å². The molecule has 0 heterocycles. The standard InChI is InChI=1S/C29H31ClF3N3O5S/c1-4-25(28(38)34-5-2)35(18-20-11-14-22(41-3)15-12-20)27(37)19-36(42(39,40)23-9-7-6-8-10-23)26-17-21(29(31,32)33)13-16-24(26)30/h6-17,25H,4-5,18-19H2,1-3H3,(H,34,38). The number of carbonyl (C=O) groups is 2. The Morgan fingerprint density at radius 3 is 2.19 bits per heavy atom. The van der Waals surface area contributed by atoms with Crippen molar-refractivity contribution in [3.8, 4) is 5.75 Å². The van der Waals surface area contributed by atoms with Gasteiger partial charge in [-0.25, -0.2) is 8.42 Å². The molecular weight excluding hydrogens is 595 g/mol. The second-order valence-corrected chi connectivity index (χ2v) is 11.4. The first-order valence-electron chi connectivity index (χ1n) is 13.0. The number of methoxy groups -OCH3 is 1. The number of ether oxygens (including phenoxy) is 1. The molecule has 1 unspecified atom stereocenters. The molecule has 0 saturated carbocycles. The average Bonchev–Trinajstić information content (AvgIpc) is 2.96. The van der Waals surface area contributed by atoms with Crippen LogP contribution in [-0.2, 0) is 32.3 Å². The Bertz CT molecular complexity index is 1490. The van der Waals surface area contributed by atoms with Crippen molar-refractivity contribution in [3.05, 3.63) is 88.9 Å². The number of amides is 2. The lowest BCUT2D eigenvalue weighted by molar-refractivity contribution is -0.140.